The summed E-state index contributed by atoms with van der Waals surface area (Å²) in [6.45, 7) is 8.02. The van der Waals surface area contributed by atoms with Crippen LogP contribution in [-0.4, -0.2) is 4.57 Å². The third kappa shape index (κ3) is 6.95. The summed E-state index contributed by atoms with van der Waals surface area (Å²) in [6.07, 6.45) is 9.94. The molecule has 2 aliphatic rings. The van der Waals surface area contributed by atoms with Crippen LogP contribution < -0.4 is 4.90 Å². The molecule has 0 amide bonds. The first-order chi connectivity index (χ1) is 36.0. The quantitative estimate of drug-likeness (QED) is 0.144. The van der Waals surface area contributed by atoms with Crippen molar-refractivity contribution in [2.24, 2.45) is 0 Å². The van der Waals surface area contributed by atoms with Crippen LogP contribution >= 0.6 is 0 Å². The maximum atomic E-state index is 6.54. The average Bonchev–Trinajstić information content (AvgIpc) is 4.09. The van der Waals surface area contributed by atoms with Gasteiger partial charge in [0.15, 0.2) is 0 Å². The molecule has 2 aromatic heterocycles. The zero-order valence-electron chi connectivity index (χ0n) is 40.7. The molecule has 10 aromatic carbocycles. The molecule has 1 saturated carbocycles. The van der Waals surface area contributed by atoms with Crippen molar-refractivity contribution >= 4 is 73.0 Å². The lowest BCUT2D eigenvalue weighted by molar-refractivity contribution is 0.353. The Morgan fingerprint density at radius 3 is 1.73 bits per heavy atom. The summed E-state index contributed by atoms with van der Waals surface area (Å²) < 4.78 is 9.00. The molecule has 0 radical (unpaired) electrons. The predicted molar refractivity (Wildman–Crippen MR) is 309 cm³/mol. The van der Waals surface area contributed by atoms with Crippen molar-refractivity contribution in [2.45, 2.75) is 37.5 Å². The molecule has 3 nitrogen and oxygen atoms in total. The SMILES string of the molecule is C=Cc1ccc(-c2cc(-c3ccc(C=C)cc3)cc(-n3c4ccccc4c4cc(N(c5ccc(-c6cccc7c6oc6ccccc67)cc5)c5ccc6c(c5)C5(CCCCC5)c5ccccc5-6)ccc43)c2)cc1. The molecule has 12 aromatic rings. The average molecular weight is 937 g/mol. The van der Waals surface area contributed by atoms with Gasteiger partial charge in [-0.25, -0.2) is 0 Å². The fourth-order valence-corrected chi connectivity index (χ4v) is 12.6. The van der Waals surface area contributed by atoms with Gasteiger partial charge in [0.1, 0.15) is 11.2 Å². The van der Waals surface area contributed by atoms with E-state index in [0.717, 1.165) is 100 Å². The van der Waals surface area contributed by atoms with Crippen molar-refractivity contribution in [3.05, 3.63) is 254 Å². The first-order valence-electron chi connectivity index (χ1n) is 25.7. The van der Waals surface area contributed by atoms with Gasteiger partial charge in [-0.2, -0.15) is 0 Å². The Bertz CT molecular complexity index is 4070. The van der Waals surface area contributed by atoms with Crippen LogP contribution in [0, 0.1) is 0 Å². The Morgan fingerprint density at radius 1 is 0.411 bits per heavy atom. The van der Waals surface area contributed by atoms with Gasteiger partial charge in [0.05, 0.1) is 11.0 Å². The van der Waals surface area contributed by atoms with Crippen molar-refractivity contribution in [3.8, 4) is 50.2 Å². The highest BCUT2D eigenvalue weighted by Crippen LogP contribution is 2.57. The Morgan fingerprint density at radius 2 is 0.986 bits per heavy atom. The van der Waals surface area contributed by atoms with Crippen LogP contribution in [-0.2, 0) is 5.41 Å². The second-order valence-electron chi connectivity index (χ2n) is 20.1. The van der Waals surface area contributed by atoms with Gasteiger partial charge >= 0.3 is 0 Å². The second kappa shape index (κ2) is 17.1. The summed E-state index contributed by atoms with van der Waals surface area (Å²) in [5.41, 5.74) is 23.4. The van der Waals surface area contributed by atoms with E-state index in [2.05, 4.69) is 235 Å². The van der Waals surface area contributed by atoms with Gasteiger partial charge in [-0.1, -0.05) is 190 Å². The largest absolute Gasteiger partial charge is 0.455 e. The van der Waals surface area contributed by atoms with E-state index in [-0.39, 0.29) is 5.41 Å². The summed E-state index contributed by atoms with van der Waals surface area (Å²) >= 11 is 0. The summed E-state index contributed by atoms with van der Waals surface area (Å²) in [4.78, 5) is 2.48. The molecule has 0 bridgehead atoms. The van der Waals surface area contributed by atoms with Crippen molar-refractivity contribution in [1.82, 2.24) is 4.57 Å². The third-order valence-corrected chi connectivity index (χ3v) is 16.1. The molecule has 0 N–H and O–H groups in total. The molecule has 2 aliphatic carbocycles. The van der Waals surface area contributed by atoms with Gasteiger partial charge < -0.3 is 13.9 Å². The molecule has 348 valence electrons. The smallest absolute Gasteiger partial charge is 0.143 e. The van der Waals surface area contributed by atoms with Gasteiger partial charge in [0.2, 0.25) is 0 Å². The van der Waals surface area contributed by atoms with Crippen LogP contribution in [0.2, 0.25) is 0 Å². The first kappa shape index (κ1) is 42.9. The molecule has 3 heteroatoms. The Hall–Kier alpha value is -8.92. The zero-order chi connectivity index (χ0) is 48.6. The van der Waals surface area contributed by atoms with Crippen LogP contribution in [0.15, 0.2) is 236 Å². The van der Waals surface area contributed by atoms with Crippen LogP contribution in [0.3, 0.4) is 0 Å². The number of aromatic nitrogens is 1. The fourth-order valence-electron chi connectivity index (χ4n) is 12.6. The normalized spacial score (nSPS) is 13.7. The van der Waals surface area contributed by atoms with Crippen LogP contribution in [0.4, 0.5) is 17.1 Å². The molecule has 0 aliphatic heterocycles. The van der Waals surface area contributed by atoms with E-state index in [1.165, 1.54) is 65.1 Å². The lowest BCUT2D eigenvalue weighted by atomic mass is 9.68. The molecular weight excluding hydrogens is 885 g/mol. The molecular formula is C70H52N2O. The molecule has 0 saturated heterocycles. The van der Waals surface area contributed by atoms with Crippen molar-refractivity contribution in [1.29, 1.82) is 0 Å². The summed E-state index contributed by atoms with van der Waals surface area (Å²) in [7, 11) is 0. The van der Waals surface area contributed by atoms with Gasteiger partial charge in [0.25, 0.3) is 0 Å². The fraction of sp³-hybridized carbons (Fsp3) is 0.0857. The summed E-state index contributed by atoms with van der Waals surface area (Å²) in [5, 5.41) is 4.67. The van der Waals surface area contributed by atoms with Crippen molar-refractivity contribution in [3.63, 3.8) is 0 Å². The topological polar surface area (TPSA) is 21.3 Å². The number of nitrogens with zero attached hydrogens (tertiary/aromatic N) is 2. The van der Waals surface area contributed by atoms with E-state index in [4.69, 9.17) is 4.42 Å². The Balaban J connectivity index is 0.952. The van der Waals surface area contributed by atoms with Gasteiger partial charge in [0, 0.05) is 55.3 Å². The first-order valence-corrected chi connectivity index (χ1v) is 25.7. The molecule has 0 unspecified atom stereocenters. The molecule has 2 heterocycles. The maximum absolute atomic E-state index is 6.54. The summed E-state index contributed by atoms with van der Waals surface area (Å²) in [6, 6.07) is 80.8. The highest BCUT2D eigenvalue weighted by molar-refractivity contribution is 6.12. The molecule has 1 fully saturated rings. The van der Waals surface area contributed by atoms with Crippen LogP contribution in [0.25, 0.3) is 106 Å². The predicted octanol–water partition coefficient (Wildman–Crippen LogP) is 19.7. The number of anilines is 3. The lowest BCUT2D eigenvalue weighted by Gasteiger charge is -2.36. The monoisotopic (exact) mass is 936 g/mol. The maximum Gasteiger partial charge on any atom is 0.143 e. The van der Waals surface area contributed by atoms with Crippen LogP contribution in [0.5, 0.6) is 0 Å². The van der Waals surface area contributed by atoms with Crippen molar-refractivity contribution in [2.75, 3.05) is 4.90 Å². The van der Waals surface area contributed by atoms with E-state index in [1.807, 2.05) is 18.2 Å². The Kier molecular flexibility index (Phi) is 10.1. The lowest BCUT2D eigenvalue weighted by Crippen LogP contribution is -2.28. The molecule has 14 rings (SSSR count). The van der Waals surface area contributed by atoms with E-state index in [0.29, 0.717) is 0 Å². The number of hydrogen-bond donors (Lipinski definition) is 0. The minimum Gasteiger partial charge on any atom is -0.455 e. The number of hydrogen-bond acceptors (Lipinski definition) is 2. The highest BCUT2D eigenvalue weighted by Gasteiger charge is 2.44. The standard InChI is InChI=1S/C70H52N2O/c1-3-46-23-27-48(28-24-46)51-41-52(49-29-25-47(4-2)26-30-49)43-56(42-51)72-66-21-10-7-16-60(66)63-44-54(36-38-67(63)72)71(55-35-37-59-58-15-6-9-20-64(58)70(65(59)45-55)39-12-5-13-40-70)53-33-31-50(32-34-53)57-18-14-19-62-61-17-8-11-22-68(61)73-69(57)62/h3-4,6-11,14-38,41-45H,1-2,5,12-13,39-40H2. The zero-order valence-corrected chi connectivity index (χ0v) is 40.7. The van der Waals surface area contributed by atoms with Gasteiger partial charge in [-0.15, -0.1) is 0 Å². The van der Waals surface area contributed by atoms with E-state index < -0.39 is 0 Å². The molecule has 73 heavy (non-hydrogen) atoms. The summed E-state index contributed by atoms with van der Waals surface area (Å²) in [5.74, 6) is 0. The number of furan rings is 1. The van der Waals surface area contributed by atoms with Crippen molar-refractivity contribution < 1.29 is 4.42 Å². The van der Waals surface area contributed by atoms with Gasteiger partial charge in [-0.05, 0) is 147 Å². The third-order valence-electron chi connectivity index (χ3n) is 16.1. The minimum atomic E-state index is 0.0210. The second-order valence-corrected chi connectivity index (χ2v) is 20.1. The highest BCUT2D eigenvalue weighted by atomic mass is 16.3. The van der Waals surface area contributed by atoms with E-state index in [9.17, 15) is 0 Å². The van der Waals surface area contributed by atoms with Crippen LogP contribution in [0.1, 0.15) is 54.4 Å². The minimum absolute atomic E-state index is 0.0210. The van der Waals surface area contributed by atoms with Gasteiger partial charge in [-0.3, -0.25) is 0 Å². The number of rotatable bonds is 9. The van der Waals surface area contributed by atoms with E-state index in [1.54, 1.807) is 0 Å². The number of benzene rings is 10. The molecule has 0 atom stereocenters. The number of fused-ring (bicyclic) bond motifs is 11. The number of para-hydroxylation sites is 3. The van der Waals surface area contributed by atoms with E-state index >= 15 is 0 Å². The molecule has 1 spiro atoms. The Labute approximate surface area is 426 Å².